The van der Waals surface area contributed by atoms with E-state index in [-0.39, 0.29) is 0 Å². The summed E-state index contributed by atoms with van der Waals surface area (Å²) in [7, 11) is 0. The molecule has 0 radical (unpaired) electrons. The molecule has 2 rings (SSSR count). The van der Waals surface area contributed by atoms with E-state index >= 15 is 0 Å². The maximum absolute atomic E-state index is 10.2. The number of benzene rings is 1. The van der Waals surface area contributed by atoms with E-state index in [1.165, 1.54) is 6.20 Å². The Bertz CT molecular complexity index is 516. The van der Waals surface area contributed by atoms with E-state index in [9.17, 15) is 10.2 Å². The SMILES string of the molecule is CCOc1cncc(C(O)C(O)c2ccccc2)c1. The highest BCUT2D eigenvalue weighted by Gasteiger charge is 2.20. The molecule has 2 aromatic rings. The third kappa shape index (κ3) is 3.30. The molecule has 1 aromatic carbocycles. The number of rotatable bonds is 5. The fraction of sp³-hybridized carbons (Fsp3) is 0.267. The Morgan fingerprint density at radius 3 is 2.42 bits per heavy atom. The number of hydrogen-bond donors (Lipinski definition) is 2. The fourth-order valence-corrected chi connectivity index (χ4v) is 1.86. The van der Waals surface area contributed by atoms with Gasteiger partial charge in [-0.25, -0.2) is 0 Å². The van der Waals surface area contributed by atoms with Gasteiger partial charge < -0.3 is 14.9 Å². The second kappa shape index (κ2) is 6.31. The summed E-state index contributed by atoms with van der Waals surface area (Å²) >= 11 is 0. The van der Waals surface area contributed by atoms with Crippen molar-refractivity contribution in [3.63, 3.8) is 0 Å². The lowest BCUT2D eigenvalue weighted by atomic mass is 9.99. The van der Waals surface area contributed by atoms with E-state index in [0.717, 1.165) is 0 Å². The highest BCUT2D eigenvalue weighted by atomic mass is 16.5. The largest absolute Gasteiger partial charge is 0.492 e. The van der Waals surface area contributed by atoms with E-state index in [4.69, 9.17) is 4.74 Å². The van der Waals surface area contributed by atoms with Crippen molar-refractivity contribution in [2.75, 3.05) is 6.61 Å². The quantitative estimate of drug-likeness (QED) is 0.864. The van der Waals surface area contributed by atoms with Crippen LogP contribution in [0.25, 0.3) is 0 Å². The molecule has 1 heterocycles. The van der Waals surface area contributed by atoms with Gasteiger partial charge in [-0.15, -0.1) is 0 Å². The second-order valence-corrected chi connectivity index (χ2v) is 4.19. The van der Waals surface area contributed by atoms with Gasteiger partial charge in [-0.05, 0) is 18.6 Å². The van der Waals surface area contributed by atoms with Gasteiger partial charge >= 0.3 is 0 Å². The first-order chi connectivity index (χ1) is 9.22. The predicted octanol–water partition coefficient (Wildman–Crippen LogP) is 2.25. The molecule has 0 aliphatic heterocycles. The average Bonchev–Trinajstić information content (AvgIpc) is 2.47. The van der Waals surface area contributed by atoms with Crippen LogP contribution in [-0.2, 0) is 0 Å². The number of aliphatic hydroxyl groups is 2. The van der Waals surface area contributed by atoms with Crippen molar-refractivity contribution in [1.82, 2.24) is 4.98 Å². The van der Waals surface area contributed by atoms with Gasteiger partial charge in [0.05, 0.1) is 12.8 Å². The zero-order valence-corrected chi connectivity index (χ0v) is 10.7. The Kier molecular flexibility index (Phi) is 4.49. The number of pyridine rings is 1. The molecule has 2 N–H and O–H groups in total. The fourth-order valence-electron chi connectivity index (χ4n) is 1.86. The molecule has 2 unspecified atom stereocenters. The molecule has 2 atom stereocenters. The van der Waals surface area contributed by atoms with Crippen molar-refractivity contribution in [1.29, 1.82) is 0 Å². The number of nitrogens with zero attached hydrogens (tertiary/aromatic N) is 1. The minimum absolute atomic E-state index is 0.530. The van der Waals surface area contributed by atoms with E-state index in [1.807, 2.05) is 25.1 Å². The van der Waals surface area contributed by atoms with Gasteiger partial charge in [0.15, 0.2) is 0 Å². The molecule has 0 saturated carbocycles. The summed E-state index contributed by atoms with van der Waals surface area (Å²) in [4.78, 5) is 4.00. The van der Waals surface area contributed by atoms with Crippen LogP contribution in [0.3, 0.4) is 0 Å². The summed E-state index contributed by atoms with van der Waals surface area (Å²) in [5, 5.41) is 20.3. The molecule has 100 valence electrons. The molecule has 0 saturated heterocycles. The van der Waals surface area contributed by atoms with Gasteiger partial charge in [0, 0.05) is 11.8 Å². The predicted molar refractivity (Wildman–Crippen MR) is 71.8 cm³/mol. The summed E-state index contributed by atoms with van der Waals surface area (Å²) in [5.41, 5.74) is 1.19. The van der Waals surface area contributed by atoms with Gasteiger partial charge in [0.2, 0.25) is 0 Å². The first kappa shape index (κ1) is 13.5. The van der Waals surface area contributed by atoms with Gasteiger partial charge in [-0.2, -0.15) is 0 Å². The average molecular weight is 259 g/mol. The number of aliphatic hydroxyl groups excluding tert-OH is 2. The maximum Gasteiger partial charge on any atom is 0.137 e. The van der Waals surface area contributed by atoms with Crippen LogP contribution in [0.5, 0.6) is 5.75 Å². The highest BCUT2D eigenvalue weighted by Crippen LogP contribution is 2.29. The first-order valence-corrected chi connectivity index (χ1v) is 6.21. The Labute approximate surface area is 112 Å². The van der Waals surface area contributed by atoms with Crippen LogP contribution in [0.4, 0.5) is 0 Å². The summed E-state index contributed by atoms with van der Waals surface area (Å²) in [5.74, 6) is 0.583. The minimum Gasteiger partial charge on any atom is -0.492 e. The van der Waals surface area contributed by atoms with Crippen molar-refractivity contribution in [2.24, 2.45) is 0 Å². The molecule has 0 bridgehead atoms. The molecule has 19 heavy (non-hydrogen) atoms. The Morgan fingerprint density at radius 2 is 1.74 bits per heavy atom. The molecule has 4 heteroatoms. The maximum atomic E-state index is 10.2. The topological polar surface area (TPSA) is 62.6 Å². The number of ether oxygens (including phenoxy) is 1. The van der Waals surface area contributed by atoms with E-state index in [2.05, 4.69) is 4.98 Å². The molecule has 0 aliphatic rings. The van der Waals surface area contributed by atoms with Gasteiger partial charge in [-0.1, -0.05) is 30.3 Å². The molecule has 0 amide bonds. The third-order valence-corrected chi connectivity index (χ3v) is 2.83. The van der Waals surface area contributed by atoms with Crippen molar-refractivity contribution in [2.45, 2.75) is 19.1 Å². The Morgan fingerprint density at radius 1 is 1.05 bits per heavy atom. The smallest absolute Gasteiger partial charge is 0.137 e. The van der Waals surface area contributed by atoms with Crippen molar-refractivity contribution < 1.29 is 14.9 Å². The van der Waals surface area contributed by atoms with Crippen molar-refractivity contribution >= 4 is 0 Å². The van der Waals surface area contributed by atoms with E-state index < -0.39 is 12.2 Å². The third-order valence-electron chi connectivity index (χ3n) is 2.83. The highest BCUT2D eigenvalue weighted by molar-refractivity contribution is 5.28. The van der Waals surface area contributed by atoms with Crippen LogP contribution in [-0.4, -0.2) is 21.8 Å². The van der Waals surface area contributed by atoms with Crippen LogP contribution in [0.2, 0.25) is 0 Å². The van der Waals surface area contributed by atoms with E-state index in [0.29, 0.717) is 23.5 Å². The van der Waals surface area contributed by atoms with Crippen molar-refractivity contribution in [3.8, 4) is 5.75 Å². The van der Waals surface area contributed by atoms with Crippen LogP contribution >= 0.6 is 0 Å². The molecule has 4 nitrogen and oxygen atoms in total. The number of hydrogen-bond acceptors (Lipinski definition) is 4. The Hall–Kier alpha value is -1.91. The molecular formula is C15H17NO3. The zero-order chi connectivity index (χ0) is 13.7. The molecule has 0 fully saturated rings. The van der Waals surface area contributed by atoms with Gasteiger partial charge in [-0.3, -0.25) is 4.98 Å². The molecule has 0 aliphatic carbocycles. The summed E-state index contributed by atoms with van der Waals surface area (Å²) in [6.45, 7) is 2.41. The zero-order valence-electron chi connectivity index (χ0n) is 10.7. The molecule has 1 aromatic heterocycles. The Balaban J connectivity index is 2.19. The first-order valence-electron chi connectivity index (χ1n) is 6.21. The lowest BCUT2D eigenvalue weighted by molar-refractivity contribution is 0.0169. The van der Waals surface area contributed by atoms with Crippen LogP contribution in [0, 0.1) is 0 Å². The second-order valence-electron chi connectivity index (χ2n) is 4.19. The number of aromatic nitrogens is 1. The molecule has 0 spiro atoms. The molecular weight excluding hydrogens is 242 g/mol. The van der Waals surface area contributed by atoms with Crippen LogP contribution < -0.4 is 4.74 Å². The summed E-state index contributed by atoms with van der Waals surface area (Å²) in [6, 6.07) is 10.7. The standard InChI is InChI=1S/C15H17NO3/c1-2-19-13-8-12(9-16-10-13)15(18)14(17)11-6-4-3-5-7-11/h3-10,14-15,17-18H,2H2,1H3. The van der Waals surface area contributed by atoms with Gasteiger partial charge in [0.25, 0.3) is 0 Å². The summed E-state index contributed by atoms with van der Waals surface area (Å²) < 4.78 is 5.33. The minimum atomic E-state index is -1.03. The van der Waals surface area contributed by atoms with E-state index in [1.54, 1.807) is 24.4 Å². The monoisotopic (exact) mass is 259 g/mol. The summed E-state index contributed by atoms with van der Waals surface area (Å²) in [6.07, 6.45) is 1.09. The normalized spacial score (nSPS) is 13.8. The lowest BCUT2D eigenvalue weighted by Crippen LogP contribution is -2.10. The van der Waals surface area contributed by atoms with Crippen LogP contribution in [0.1, 0.15) is 30.3 Å². The van der Waals surface area contributed by atoms with Gasteiger partial charge in [0.1, 0.15) is 18.0 Å². The van der Waals surface area contributed by atoms with Crippen molar-refractivity contribution in [3.05, 3.63) is 59.9 Å². The lowest BCUT2D eigenvalue weighted by Gasteiger charge is -2.18. The van der Waals surface area contributed by atoms with Crippen LogP contribution in [0.15, 0.2) is 48.8 Å².